The third-order valence-electron chi connectivity index (χ3n) is 1.30. The third kappa shape index (κ3) is 5.72. The predicted molar refractivity (Wildman–Crippen MR) is 47.7 cm³/mol. The molecule has 0 saturated carbocycles. The van der Waals surface area contributed by atoms with Gasteiger partial charge in [-0.25, -0.2) is 9.78 Å². The zero-order chi connectivity index (χ0) is 10.3. The minimum Gasteiger partial charge on any atom is -0.450 e. The fraction of sp³-hybridized carbons (Fsp3) is 0.500. The van der Waals surface area contributed by atoms with Crippen LogP contribution in [0.2, 0.25) is 0 Å². The van der Waals surface area contributed by atoms with E-state index >= 15 is 0 Å². The number of H-pyrrole nitrogens is 1. The molecule has 5 nitrogen and oxygen atoms in total. The molecule has 0 aromatic carbocycles. The number of hydrogen-bond acceptors (Lipinski definition) is 3. The number of aromatic nitrogens is 2. The molecule has 0 fully saturated rings. The molecule has 1 aromatic heterocycles. The molecule has 0 amide bonds. The summed E-state index contributed by atoms with van der Waals surface area (Å²) in [5, 5.41) is 7.50. The first-order chi connectivity index (χ1) is 6.10. The zero-order valence-corrected chi connectivity index (χ0v) is 8.00. The molecule has 0 atom stereocenters. The highest BCUT2D eigenvalue weighted by Gasteiger charge is 1.89. The van der Waals surface area contributed by atoms with E-state index in [0.717, 1.165) is 25.0 Å². The number of hydrogen-bond donors (Lipinski definition) is 2. The molecule has 0 radical (unpaired) electrons. The summed E-state index contributed by atoms with van der Waals surface area (Å²) >= 11 is 0. The lowest BCUT2D eigenvalue weighted by Crippen LogP contribution is -1.91. The Kier molecular flexibility index (Phi) is 5.34. The molecule has 0 saturated heterocycles. The number of ether oxygens (including phenoxy) is 1. The van der Waals surface area contributed by atoms with Crippen molar-refractivity contribution >= 4 is 6.16 Å². The van der Waals surface area contributed by atoms with Crippen LogP contribution < -0.4 is 0 Å². The molecule has 0 aliphatic rings. The van der Waals surface area contributed by atoms with Gasteiger partial charge in [-0.15, -0.1) is 0 Å². The molecule has 1 heterocycles. The second-order valence-electron chi connectivity index (χ2n) is 2.30. The van der Waals surface area contributed by atoms with E-state index in [0.29, 0.717) is 0 Å². The molecule has 0 unspecified atom stereocenters. The Morgan fingerprint density at radius 3 is 2.46 bits per heavy atom. The number of carboxylic acid groups (broad SMARTS) is 1. The normalized spacial score (nSPS) is 8.54. The van der Waals surface area contributed by atoms with Crippen molar-refractivity contribution in [1.29, 1.82) is 0 Å². The van der Waals surface area contributed by atoms with Crippen molar-refractivity contribution in [3.63, 3.8) is 0 Å². The van der Waals surface area contributed by atoms with E-state index in [-0.39, 0.29) is 0 Å². The molecule has 2 N–H and O–H groups in total. The first-order valence-electron chi connectivity index (χ1n) is 3.88. The van der Waals surface area contributed by atoms with Crippen LogP contribution in [-0.4, -0.2) is 28.3 Å². The highest BCUT2D eigenvalue weighted by molar-refractivity contribution is 5.56. The largest absolute Gasteiger partial charge is 0.505 e. The highest BCUT2D eigenvalue weighted by Crippen LogP contribution is 1.94. The Labute approximate surface area is 76.8 Å². The number of methoxy groups -OCH3 is 1. The van der Waals surface area contributed by atoms with Crippen LogP contribution in [0.1, 0.15) is 18.4 Å². The van der Waals surface area contributed by atoms with E-state index in [4.69, 9.17) is 9.90 Å². The molecule has 1 rings (SSSR count). The van der Waals surface area contributed by atoms with E-state index in [9.17, 15) is 0 Å². The van der Waals surface area contributed by atoms with Gasteiger partial charge in [0.2, 0.25) is 0 Å². The predicted octanol–water partition coefficient (Wildman–Crippen LogP) is 1.59. The maximum Gasteiger partial charge on any atom is 0.505 e. The van der Waals surface area contributed by atoms with Gasteiger partial charge in [-0.3, -0.25) is 0 Å². The lowest BCUT2D eigenvalue weighted by molar-refractivity contribution is 0.114. The second kappa shape index (κ2) is 6.05. The smallest absolute Gasteiger partial charge is 0.450 e. The second-order valence-corrected chi connectivity index (χ2v) is 2.30. The minimum absolute atomic E-state index is 1.00. The molecular formula is C8H14N2O3. The Morgan fingerprint density at radius 2 is 2.31 bits per heavy atom. The van der Waals surface area contributed by atoms with Crippen LogP contribution in [0.25, 0.3) is 0 Å². The topological polar surface area (TPSA) is 75.2 Å². The van der Waals surface area contributed by atoms with Gasteiger partial charge < -0.3 is 14.8 Å². The molecule has 0 spiro atoms. The van der Waals surface area contributed by atoms with Crippen LogP contribution in [0.5, 0.6) is 0 Å². The molecule has 74 valence electrons. The molecular weight excluding hydrogens is 172 g/mol. The van der Waals surface area contributed by atoms with Gasteiger partial charge in [0.1, 0.15) is 5.82 Å². The summed E-state index contributed by atoms with van der Waals surface area (Å²) in [5.41, 5.74) is 1.14. The van der Waals surface area contributed by atoms with Crippen molar-refractivity contribution in [1.82, 2.24) is 9.97 Å². The number of aromatic amines is 1. The number of carbonyl (C=O) groups is 1. The van der Waals surface area contributed by atoms with Crippen molar-refractivity contribution in [3.05, 3.63) is 17.7 Å². The Bertz CT molecular complexity index is 258. The Hall–Kier alpha value is -1.52. The Balaban J connectivity index is 0.000000252. The quantitative estimate of drug-likeness (QED) is 0.653. The Morgan fingerprint density at radius 1 is 1.77 bits per heavy atom. The summed E-state index contributed by atoms with van der Waals surface area (Å²) in [6.07, 6.45) is 1.71. The van der Waals surface area contributed by atoms with Gasteiger partial charge >= 0.3 is 6.16 Å². The van der Waals surface area contributed by atoms with Gasteiger partial charge in [0.05, 0.1) is 12.8 Å². The number of rotatable bonds is 1. The standard InChI is InChI=1S/C6H10N2.C2H4O3/c1-3-6-4-7-5(2)8-6;1-5-2(3)4/h4H,3H2,1-2H3,(H,7,8);1H3,(H,3,4). The maximum atomic E-state index is 9.15. The third-order valence-corrected chi connectivity index (χ3v) is 1.30. The van der Waals surface area contributed by atoms with Gasteiger partial charge in [0, 0.05) is 6.20 Å². The number of nitrogens with one attached hydrogen (secondary N) is 1. The fourth-order valence-corrected chi connectivity index (χ4v) is 0.649. The van der Waals surface area contributed by atoms with Gasteiger partial charge in [-0.1, -0.05) is 6.92 Å². The van der Waals surface area contributed by atoms with Crippen LogP contribution in [-0.2, 0) is 11.2 Å². The first kappa shape index (κ1) is 11.5. The van der Waals surface area contributed by atoms with E-state index in [2.05, 4.69) is 21.6 Å². The van der Waals surface area contributed by atoms with Crippen LogP contribution >= 0.6 is 0 Å². The summed E-state index contributed by atoms with van der Waals surface area (Å²) in [7, 11) is 1.10. The summed E-state index contributed by atoms with van der Waals surface area (Å²) in [5.74, 6) is 1.00. The average molecular weight is 186 g/mol. The summed E-state index contributed by atoms with van der Waals surface area (Å²) in [6, 6.07) is 0. The van der Waals surface area contributed by atoms with Gasteiger partial charge in [-0.05, 0) is 13.3 Å². The van der Waals surface area contributed by atoms with Crippen molar-refractivity contribution in [3.8, 4) is 0 Å². The highest BCUT2D eigenvalue weighted by atomic mass is 16.6. The molecule has 13 heavy (non-hydrogen) atoms. The average Bonchev–Trinajstić information content (AvgIpc) is 2.52. The summed E-state index contributed by atoms with van der Waals surface area (Å²) in [6.45, 7) is 4.05. The van der Waals surface area contributed by atoms with Gasteiger partial charge in [0.25, 0.3) is 0 Å². The number of aryl methyl sites for hydroxylation is 2. The number of imidazole rings is 1. The van der Waals surface area contributed by atoms with Crippen molar-refractivity contribution < 1.29 is 14.6 Å². The molecule has 5 heteroatoms. The summed E-state index contributed by atoms with van der Waals surface area (Å²) < 4.78 is 3.67. The van der Waals surface area contributed by atoms with Crippen molar-refractivity contribution in [2.24, 2.45) is 0 Å². The minimum atomic E-state index is -1.25. The van der Waals surface area contributed by atoms with Crippen molar-refractivity contribution in [2.75, 3.05) is 7.11 Å². The lowest BCUT2D eigenvalue weighted by Gasteiger charge is -1.79. The first-order valence-corrected chi connectivity index (χ1v) is 3.88. The van der Waals surface area contributed by atoms with Crippen LogP contribution in [0.3, 0.4) is 0 Å². The van der Waals surface area contributed by atoms with Crippen LogP contribution in [0.15, 0.2) is 6.20 Å². The monoisotopic (exact) mass is 186 g/mol. The SMILES string of the molecule is CCc1c[nH]c(C)n1.COC(=O)O. The van der Waals surface area contributed by atoms with E-state index in [1.807, 2.05) is 13.1 Å². The van der Waals surface area contributed by atoms with Gasteiger partial charge in [0.15, 0.2) is 0 Å². The number of nitrogens with zero attached hydrogens (tertiary/aromatic N) is 1. The molecule has 0 aliphatic heterocycles. The van der Waals surface area contributed by atoms with E-state index in [1.54, 1.807) is 0 Å². The molecule has 0 bridgehead atoms. The van der Waals surface area contributed by atoms with E-state index < -0.39 is 6.16 Å². The molecule has 1 aromatic rings. The van der Waals surface area contributed by atoms with Gasteiger partial charge in [-0.2, -0.15) is 0 Å². The van der Waals surface area contributed by atoms with Crippen LogP contribution in [0.4, 0.5) is 4.79 Å². The lowest BCUT2D eigenvalue weighted by atomic mass is 10.4. The molecule has 0 aliphatic carbocycles. The fourth-order valence-electron chi connectivity index (χ4n) is 0.649. The zero-order valence-electron chi connectivity index (χ0n) is 8.00. The summed E-state index contributed by atoms with van der Waals surface area (Å²) in [4.78, 5) is 16.3. The van der Waals surface area contributed by atoms with Crippen LogP contribution in [0, 0.1) is 6.92 Å². The van der Waals surface area contributed by atoms with Crippen molar-refractivity contribution in [2.45, 2.75) is 20.3 Å². The maximum absolute atomic E-state index is 9.15. The van der Waals surface area contributed by atoms with E-state index in [1.165, 1.54) is 0 Å².